The number of likely N-dealkylation sites (tertiary alicyclic amines) is 1. The fourth-order valence-electron chi connectivity index (χ4n) is 3.85. The number of hydrogen-bond acceptors (Lipinski definition) is 3. The minimum atomic E-state index is -4.25. The Morgan fingerprint density at radius 1 is 1.38 bits per heavy atom. The summed E-state index contributed by atoms with van der Waals surface area (Å²) < 4.78 is 41.5. The predicted octanol–water partition coefficient (Wildman–Crippen LogP) is 3.81. The summed E-state index contributed by atoms with van der Waals surface area (Å²) in [5.41, 5.74) is 0.672. The van der Waals surface area contributed by atoms with Gasteiger partial charge in [0.1, 0.15) is 0 Å². The van der Waals surface area contributed by atoms with Gasteiger partial charge in [0, 0.05) is 25.0 Å². The first-order valence-electron chi connectivity index (χ1n) is 8.73. The summed E-state index contributed by atoms with van der Waals surface area (Å²) in [6, 6.07) is 1.74. The third-order valence-electron chi connectivity index (χ3n) is 5.24. The second kappa shape index (κ2) is 6.25. The molecule has 0 radical (unpaired) electrons. The van der Waals surface area contributed by atoms with Gasteiger partial charge in [0.15, 0.2) is 5.65 Å². The molecule has 1 atom stereocenters. The van der Waals surface area contributed by atoms with E-state index in [4.69, 9.17) is 0 Å². The van der Waals surface area contributed by atoms with Gasteiger partial charge < -0.3 is 4.90 Å². The van der Waals surface area contributed by atoms with Crippen LogP contribution in [0, 0.1) is 18.3 Å². The molecule has 5 nitrogen and oxygen atoms in total. The third-order valence-corrected chi connectivity index (χ3v) is 5.24. The van der Waals surface area contributed by atoms with Crippen LogP contribution in [0.4, 0.5) is 13.2 Å². The van der Waals surface area contributed by atoms with Crippen LogP contribution in [0.3, 0.4) is 0 Å². The zero-order valence-corrected chi connectivity index (χ0v) is 15.4. The van der Waals surface area contributed by atoms with Crippen molar-refractivity contribution in [3.05, 3.63) is 23.5 Å². The van der Waals surface area contributed by atoms with Gasteiger partial charge in [0.2, 0.25) is 0 Å². The number of nitrogens with zero attached hydrogens (tertiary/aromatic N) is 4. The Morgan fingerprint density at radius 2 is 2.08 bits per heavy atom. The van der Waals surface area contributed by atoms with Gasteiger partial charge in [-0.2, -0.15) is 18.3 Å². The van der Waals surface area contributed by atoms with Gasteiger partial charge >= 0.3 is 6.18 Å². The van der Waals surface area contributed by atoms with Gasteiger partial charge in [-0.25, -0.2) is 9.67 Å². The maximum atomic E-state index is 13.2. The van der Waals surface area contributed by atoms with E-state index in [1.54, 1.807) is 37.7 Å². The molecule has 2 aromatic rings. The van der Waals surface area contributed by atoms with Crippen LogP contribution in [0.2, 0.25) is 0 Å². The molecule has 0 saturated carbocycles. The molecule has 142 valence electrons. The molecule has 2 aromatic heterocycles. The van der Waals surface area contributed by atoms with Gasteiger partial charge in [0.25, 0.3) is 5.91 Å². The van der Waals surface area contributed by atoms with Crippen molar-refractivity contribution >= 4 is 16.9 Å². The van der Waals surface area contributed by atoms with Gasteiger partial charge in [0.05, 0.1) is 23.4 Å². The molecule has 1 amide bonds. The minimum Gasteiger partial charge on any atom is -0.338 e. The van der Waals surface area contributed by atoms with Crippen LogP contribution in [0.5, 0.6) is 0 Å². The van der Waals surface area contributed by atoms with E-state index in [1.165, 1.54) is 4.90 Å². The number of amides is 1. The lowest BCUT2D eigenvalue weighted by molar-refractivity contribution is -0.214. The Hall–Kier alpha value is -2.12. The average Bonchev–Trinajstić information content (AvgIpc) is 2.92. The standard InChI is InChI=1S/C18H23F3N4O/c1-5-25-15-12(9-22-25)8-13(11(2)23-15)16(26)24-7-6-14(18(19,20)21)17(3,4)10-24/h8-9,14H,5-7,10H2,1-4H3. The van der Waals surface area contributed by atoms with Gasteiger partial charge in [-0.3, -0.25) is 4.79 Å². The quantitative estimate of drug-likeness (QED) is 0.810. The molecule has 8 heteroatoms. The van der Waals surface area contributed by atoms with Crippen molar-refractivity contribution in [2.24, 2.45) is 11.3 Å². The highest BCUT2D eigenvalue weighted by Crippen LogP contribution is 2.45. The Morgan fingerprint density at radius 3 is 2.65 bits per heavy atom. The van der Waals surface area contributed by atoms with E-state index < -0.39 is 17.5 Å². The van der Waals surface area contributed by atoms with Crippen molar-refractivity contribution in [2.75, 3.05) is 13.1 Å². The molecular weight excluding hydrogens is 345 g/mol. The largest absolute Gasteiger partial charge is 0.392 e. The van der Waals surface area contributed by atoms with Crippen LogP contribution in [0.25, 0.3) is 11.0 Å². The number of alkyl halides is 3. The van der Waals surface area contributed by atoms with E-state index in [0.717, 1.165) is 5.39 Å². The van der Waals surface area contributed by atoms with Crippen molar-refractivity contribution in [1.29, 1.82) is 0 Å². The Bertz CT molecular complexity index is 841. The maximum Gasteiger partial charge on any atom is 0.392 e. The van der Waals surface area contributed by atoms with Gasteiger partial charge in [-0.15, -0.1) is 0 Å². The van der Waals surface area contributed by atoms with Crippen molar-refractivity contribution in [2.45, 2.75) is 46.8 Å². The SMILES string of the molecule is CCn1ncc2cc(C(=O)N3CCC(C(F)(F)F)C(C)(C)C3)c(C)nc21. The van der Waals surface area contributed by atoms with E-state index >= 15 is 0 Å². The Labute approximate surface area is 150 Å². The van der Waals surface area contributed by atoms with Crippen molar-refractivity contribution in [3.63, 3.8) is 0 Å². The Kier molecular flexibility index (Phi) is 4.48. The van der Waals surface area contributed by atoms with Crippen LogP contribution in [-0.2, 0) is 6.54 Å². The summed E-state index contributed by atoms with van der Waals surface area (Å²) >= 11 is 0. The predicted molar refractivity (Wildman–Crippen MR) is 91.8 cm³/mol. The number of rotatable bonds is 2. The summed E-state index contributed by atoms with van der Waals surface area (Å²) in [4.78, 5) is 19.0. The smallest absolute Gasteiger partial charge is 0.338 e. The van der Waals surface area contributed by atoms with E-state index in [2.05, 4.69) is 10.1 Å². The second-order valence-corrected chi connectivity index (χ2v) is 7.59. The summed E-state index contributed by atoms with van der Waals surface area (Å²) in [5.74, 6) is -1.67. The number of pyridine rings is 1. The molecule has 1 unspecified atom stereocenters. The molecule has 3 rings (SSSR count). The summed E-state index contributed by atoms with van der Waals surface area (Å²) in [6.45, 7) is 7.68. The average molecular weight is 368 g/mol. The molecule has 1 saturated heterocycles. The summed E-state index contributed by atoms with van der Waals surface area (Å²) in [6.07, 6.45) is -2.67. The van der Waals surface area contributed by atoms with Gasteiger partial charge in [-0.05, 0) is 31.7 Å². The highest BCUT2D eigenvalue weighted by molar-refractivity contribution is 5.98. The third kappa shape index (κ3) is 3.17. The Balaban J connectivity index is 1.88. The maximum absolute atomic E-state index is 13.2. The number of fused-ring (bicyclic) bond motifs is 1. The molecule has 0 N–H and O–H groups in total. The van der Waals surface area contributed by atoms with Crippen LogP contribution < -0.4 is 0 Å². The molecule has 0 bridgehead atoms. The van der Waals surface area contributed by atoms with E-state index in [9.17, 15) is 18.0 Å². The number of halogens is 3. The monoisotopic (exact) mass is 368 g/mol. The zero-order chi connectivity index (χ0) is 19.3. The first-order valence-corrected chi connectivity index (χ1v) is 8.73. The zero-order valence-electron chi connectivity index (χ0n) is 15.4. The first kappa shape index (κ1) is 18.7. The fourth-order valence-corrected chi connectivity index (χ4v) is 3.85. The van der Waals surface area contributed by atoms with E-state index in [-0.39, 0.29) is 25.4 Å². The molecule has 1 fully saturated rings. The van der Waals surface area contributed by atoms with Crippen LogP contribution in [0.1, 0.15) is 43.2 Å². The van der Waals surface area contributed by atoms with Crippen molar-refractivity contribution in [3.8, 4) is 0 Å². The number of hydrogen-bond donors (Lipinski definition) is 0. The molecule has 0 aromatic carbocycles. The second-order valence-electron chi connectivity index (χ2n) is 7.59. The molecule has 0 spiro atoms. The fraction of sp³-hybridized carbons (Fsp3) is 0.611. The number of carbonyl (C=O) groups excluding carboxylic acids is 1. The number of aromatic nitrogens is 3. The van der Waals surface area contributed by atoms with Crippen LogP contribution in [-0.4, -0.2) is 44.8 Å². The molecule has 1 aliphatic heterocycles. The lowest BCUT2D eigenvalue weighted by Gasteiger charge is -2.44. The lowest BCUT2D eigenvalue weighted by atomic mass is 9.73. The number of aryl methyl sites for hydroxylation is 2. The topological polar surface area (TPSA) is 51.0 Å². The normalized spacial score (nSPS) is 20.6. The number of carbonyl (C=O) groups is 1. The van der Waals surface area contributed by atoms with Gasteiger partial charge in [-0.1, -0.05) is 13.8 Å². The molecule has 26 heavy (non-hydrogen) atoms. The summed E-state index contributed by atoms with van der Waals surface area (Å²) in [7, 11) is 0. The highest BCUT2D eigenvalue weighted by atomic mass is 19.4. The first-order chi connectivity index (χ1) is 12.0. The van der Waals surface area contributed by atoms with Crippen molar-refractivity contribution < 1.29 is 18.0 Å². The minimum absolute atomic E-state index is 0.0711. The molecule has 3 heterocycles. The highest BCUT2D eigenvalue weighted by Gasteiger charge is 2.51. The number of piperidine rings is 1. The van der Waals surface area contributed by atoms with Crippen LogP contribution >= 0.6 is 0 Å². The summed E-state index contributed by atoms with van der Waals surface area (Å²) in [5, 5.41) is 4.99. The van der Waals surface area contributed by atoms with Crippen molar-refractivity contribution in [1.82, 2.24) is 19.7 Å². The molecule has 1 aliphatic rings. The molecule has 0 aliphatic carbocycles. The molecular formula is C18H23F3N4O. The lowest BCUT2D eigenvalue weighted by Crippen LogP contribution is -2.52. The van der Waals surface area contributed by atoms with Crippen LogP contribution in [0.15, 0.2) is 12.3 Å². The van der Waals surface area contributed by atoms with E-state index in [1.807, 2.05) is 6.92 Å². The van der Waals surface area contributed by atoms with E-state index in [0.29, 0.717) is 23.4 Å².